The summed E-state index contributed by atoms with van der Waals surface area (Å²) in [5, 5.41) is 9.20. The number of carbonyl (C=O) groups is 2. The summed E-state index contributed by atoms with van der Waals surface area (Å²) in [5.74, 6) is 0.175. The molecule has 7 heteroatoms. The highest BCUT2D eigenvalue weighted by molar-refractivity contribution is 5.98. The van der Waals surface area contributed by atoms with Gasteiger partial charge in [-0.1, -0.05) is 30.3 Å². The quantitative estimate of drug-likeness (QED) is 0.692. The van der Waals surface area contributed by atoms with Crippen LogP contribution in [0.3, 0.4) is 0 Å². The third-order valence-corrected chi connectivity index (χ3v) is 4.67. The zero-order valence-corrected chi connectivity index (χ0v) is 16.6. The Morgan fingerprint density at radius 2 is 1.82 bits per heavy atom. The molecule has 0 saturated carbocycles. The molecule has 2 atom stereocenters. The van der Waals surface area contributed by atoms with Gasteiger partial charge in [-0.2, -0.15) is 0 Å². The van der Waals surface area contributed by atoms with Crippen LogP contribution in [0.4, 0.5) is 0 Å². The second-order valence-electron chi connectivity index (χ2n) is 6.60. The number of ether oxygens (including phenoxy) is 1. The van der Waals surface area contributed by atoms with Crippen LogP contribution in [0.2, 0.25) is 0 Å². The number of nitrogens with one attached hydrogen (secondary N) is 3. The van der Waals surface area contributed by atoms with Crippen molar-refractivity contribution in [1.82, 2.24) is 16.0 Å². The van der Waals surface area contributed by atoms with Crippen LogP contribution in [0.1, 0.15) is 34.8 Å². The van der Waals surface area contributed by atoms with Gasteiger partial charge in [-0.25, -0.2) is 0 Å². The Morgan fingerprint density at radius 1 is 1.11 bits per heavy atom. The highest BCUT2D eigenvalue weighted by Gasteiger charge is 2.26. The first-order chi connectivity index (χ1) is 13.2. The molecular formula is C21H26ClN3O3. The molecule has 0 aromatic heterocycles. The van der Waals surface area contributed by atoms with Crippen molar-refractivity contribution in [2.24, 2.45) is 0 Å². The van der Waals surface area contributed by atoms with Gasteiger partial charge in [0.25, 0.3) is 5.91 Å². The van der Waals surface area contributed by atoms with Crippen molar-refractivity contribution in [2.75, 3.05) is 20.2 Å². The average molecular weight is 404 g/mol. The van der Waals surface area contributed by atoms with Gasteiger partial charge in [0.15, 0.2) is 0 Å². The van der Waals surface area contributed by atoms with Crippen LogP contribution in [-0.4, -0.2) is 38.1 Å². The minimum Gasteiger partial charge on any atom is -0.497 e. The summed E-state index contributed by atoms with van der Waals surface area (Å²) in [7, 11) is 1.57. The van der Waals surface area contributed by atoms with Gasteiger partial charge in [-0.15, -0.1) is 12.4 Å². The maximum atomic E-state index is 12.9. The zero-order valence-electron chi connectivity index (χ0n) is 15.8. The zero-order chi connectivity index (χ0) is 19.1. The summed E-state index contributed by atoms with van der Waals surface area (Å²) in [5.41, 5.74) is 1.23. The lowest BCUT2D eigenvalue weighted by molar-refractivity contribution is -0.124. The van der Waals surface area contributed by atoms with E-state index in [4.69, 9.17) is 4.74 Å². The Bertz CT molecular complexity index is 762. The van der Waals surface area contributed by atoms with E-state index in [1.165, 1.54) is 0 Å². The SMILES string of the molecule is COc1ccc(C(=O)NC(C(=O)N[C@H]2CCCNC2)c2ccccc2)cc1.Cl. The number of halogens is 1. The lowest BCUT2D eigenvalue weighted by atomic mass is 10.0. The number of amides is 2. The molecular weight excluding hydrogens is 378 g/mol. The van der Waals surface area contributed by atoms with Gasteiger partial charge in [0.1, 0.15) is 11.8 Å². The molecule has 1 saturated heterocycles. The first-order valence-electron chi connectivity index (χ1n) is 9.18. The molecule has 0 aliphatic carbocycles. The van der Waals surface area contributed by atoms with Gasteiger partial charge < -0.3 is 20.7 Å². The number of methoxy groups -OCH3 is 1. The first kappa shape index (κ1) is 21.7. The van der Waals surface area contributed by atoms with Gasteiger partial charge in [0.05, 0.1) is 7.11 Å². The normalized spacial score (nSPS) is 17.0. The van der Waals surface area contributed by atoms with E-state index in [1.807, 2.05) is 30.3 Å². The maximum absolute atomic E-state index is 12.9. The molecule has 6 nitrogen and oxygen atoms in total. The molecule has 0 bridgehead atoms. The Kier molecular flexibility index (Phi) is 8.29. The van der Waals surface area contributed by atoms with Gasteiger partial charge in [0.2, 0.25) is 5.91 Å². The van der Waals surface area contributed by atoms with Crippen molar-refractivity contribution in [3.8, 4) is 5.75 Å². The second-order valence-corrected chi connectivity index (χ2v) is 6.60. The molecule has 3 N–H and O–H groups in total. The molecule has 2 amide bonds. The molecule has 0 radical (unpaired) electrons. The summed E-state index contributed by atoms with van der Waals surface area (Å²) in [6, 6.07) is 15.4. The number of benzene rings is 2. The molecule has 3 rings (SSSR count). The Balaban J connectivity index is 0.00000280. The molecule has 1 aliphatic heterocycles. The molecule has 150 valence electrons. The maximum Gasteiger partial charge on any atom is 0.252 e. The van der Waals surface area contributed by atoms with Crippen molar-refractivity contribution in [3.05, 3.63) is 65.7 Å². The van der Waals surface area contributed by atoms with E-state index in [1.54, 1.807) is 31.4 Å². The summed E-state index contributed by atoms with van der Waals surface area (Å²) in [4.78, 5) is 25.6. The van der Waals surface area contributed by atoms with E-state index in [-0.39, 0.29) is 30.3 Å². The van der Waals surface area contributed by atoms with Crippen LogP contribution >= 0.6 is 12.4 Å². The van der Waals surface area contributed by atoms with Crippen molar-refractivity contribution in [3.63, 3.8) is 0 Å². The predicted molar refractivity (Wildman–Crippen MR) is 111 cm³/mol. The van der Waals surface area contributed by atoms with Crippen LogP contribution in [0.15, 0.2) is 54.6 Å². The van der Waals surface area contributed by atoms with Crippen LogP contribution in [0.25, 0.3) is 0 Å². The molecule has 28 heavy (non-hydrogen) atoms. The summed E-state index contributed by atoms with van der Waals surface area (Å²) < 4.78 is 5.12. The summed E-state index contributed by atoms with van der Waals surface area (Å²) in [6.07, 6.45) is 1.96. The molecule has 1 fully saturated rings. The van der Waals surface area contributed by atoms with Crippen molar-refractivity contribution in [2.45, 2.75) is 24.9 Å². The highest BCUT2D eigenvalue weighted by atomic mass is 35.5. The number of carbonyl (C=O) groups excluding carboxylic acids is 2. The fraction of sp³-hybridized carbons (Fsp3) is 0.333. The second kappa shape index (κ2) is 10.7. The third kappa shape index (κ3) is 5.71. The van der Waals surface area contributed by atoms with Crippen molar-refractivity contribution in [1.29, 1.82) is 0 Å². The molecule has 1 unspecified atom stereocenters. The fourth-order valence-corrected chi connectivity index (χ4v) is 3.16. The van der Waals surface area contributed by atoms with Crippen LogP contribution < -0.4 is 20.7 Å². The van der Waals surface area contributed by atoms with E-state index in [9.17, 15) is 9.59 Å². The molecule has 1 heterocycles. The third-order valence-electron chi connectivity index (χ3n) is 4.67. The van der Waals surface area contributed by atoms with Gasteiger partial charge in [-0.05, 0) is 49.2 Å². The Hall–Kier alpha value is -2.57. The predicted octanol–water partition coefficient (Wildman–Crippen LogP) is 2.46. The molecule has 0 spiro atoms. The minimum atomic E-state index is -0.747. The van der Waals surface area contributed by atoms with E-state index in [2.05, 4.69) is 16.0 Å². The topological polar surface area (TPSA) is 79.5 Å². The standard InChI is InChI=1S/C21H25N3O3.ClH/c1-27-18-11-9-16(10-12-18)20(25)24-19(15-6-3-2-4-7-15)21(26)23-17-8-5-13-22-14-17;/h2-4,6-7,9-12,17,19,22H,5,8,13-14H2,1H3,(H,23,26)(H,24,25);1H/t17-,19?;/m0./s1. The average Bonchev–Trinajstić information content (AvgIpc) is 2.73. The highest BCUT2D eigenvalue weighted by Crippen LogP contribution is 2.16. The lowest BCUT2D eigenvalue weighted by Crippen LogP contribution is -2.49. The number of rotatable bonds is 6. The van der Waals surface area contributed by atoms with Gasteiger partial charge in [-0.3, -0.25) is 9.59 Å². The number of hydrogen-bond acceptors (Lipinski definition) is 4. The van der Waals surface area contributed by atoms with Crippen LogP contribution in [0, 0.1) is 0 Å². The monoisotopic (exact) mass is 403 g/mol. The Morgan fingerprint density at radius 3 is 2.43 bits per heavy atom. The molecule has 2 aromatic carbocycles. The first-order valence-corrected chi connectivity index (χ1v) is 9.18. The van der Waals surface area contributed by atoms with E-state index >= 15 is 0 Å². The number of hydrogen-bond donors (Lipinski definition) is 3. The van der Waals surface area contributed by atoms with Crippen molar-refractivity contribution >= 4 is 24.2 Å². The summed E-state index contributed by atoms with van der Waals surface area (Å²) >= 11 is 0. The van der Waals surface area contributed by atoms with E-state index in [0.717, 1.165) is 31.5 Å². The lowest BCUT2D eigenvalue weighted by Gasteiger charge is -2.27. The Labute approximate surface area is 171 Å². The van der Waals surface area contributed by atoms with Crippen molar-refractivity contribution < 1.29 is 14.3 Å². The van der Waals surface area contributed by atoms with Gasteiger partial charge >= 0.3 is 0 Å². The summed E-state index contributed by atoms with van der Waals surface area (Å²) in [6.45, 7) is 1.72. The minimum absolute atomic E-state index is 0. The number of piperidine rings is 1. The van der Waals surface area contributed by atoms with E-state index in [0.29, 0.717) is 11.3 Å². The van der Waals surface area contributed by atoms with Crippen LogP contribution in [0.5, 0.6) is 5.75 Å². The molecule has 1 aliphatic rings. The largest absolute Gasteiger partial charge is 0.497 e. The van der Waals surface area contributed by atoms with E-state index < -0.39 is 6.04 Å². The molecule has 2 aromatic rings. The smallest absolute Gasteiger partial charge is 0.252 e. The fourth-order valence-electron chi connectivity index (χ4n) is 3.16. The van der Waals surface area contributed by atoms with Gasteiger partial charge in [0, 0.05) is 18.2 Å². The van der Waals surface area contributed by atoms with Crippen LogP contribution in [-0.2, 0) is 4.79 Å².